The minimum Gasteiger partial charge on any atom is -0.400 e. The summed E-state index contributed by atoms with van der Waals surface area (Å²) < 4.78 is 10.1. The van der Waals surface area contributed by atoms with E-state index in [9.17, 15) is 9.59 Å². The first-order chi connectivity index (χ1) is 19.6. The number of nitrogens with one attached hydrogen (secondary N) is 1. The first-order valence-corrected chi connectivity index (χ1v) is 16.0. The topological polar surface area (TPSA) is 94.8 Å². The summed E-state index contributed by atoms with van der Waals surface area (Å²) >= 11 is 0. The Morgan fingerprint density at radius 1 is 0.902 bits per heavy atom. The third-order valence-electron chi connectivity index (χ3n) is 7.68. The van der Waals surface area contributed by atoms with Crippen LogP contribution in [0, 0.1) is 0 Å². The van der Waals surface area contributed by atoms with Crippen LogP contribution in [-0.4, -0.2) is 32.9 Å². The number of H-pyrrole nitrogens is 1. The van der Waals surface area contributed by atoms with E-state index < -0.39 is 8.32 Å². The van der Waals surface area contributed by atoms with Gasteiger partial charge >= 0.3 is 5.69 Å². The Labute approximate surface area is 240 Å². The summed E-state index contributed by atoms with van der Waals surface area (Å²) in [6, 6.07) is 26.1. The van der Waals surface area contributed by atoms with Gasteiger partial charge in [0.25, 0.3) is 13.9 Å². The van der Waals surface area contributed by atoms with E-state index in [0.717, 1.165) is 16.1 Å². The van der Waals surface area contributed by atoms with E-state index in [4.69, 9.17) is 9.52 Å². The van der Waals surface area contributed by atoms with Crippen LogP contribution in [0.4, 0.5) is 0 Å². The molecule has 0 saturated heterocycles. The van der Waals surface area contributed by atoms with Gasteiger partial charge in [-0.3, -0.25) is 9.36 Å². The van der Waals surface area contributed by atoms with Crippen molar-refractivity contribution in [2.75, 3.05) is 0 Å². The second kappa shape index (κ2) is 11.1. The lowest BCUT2D eigenvalue weighted by atomic mass is 10.0. The Morgan fingerprint density at radius 3 is 2.05 bits per heavy atom. The maximum Gasteiger partial charge on any atom is 0.350 e. The molecule has 0 amide bonds. The third-order valence-corrected chi connectivity index (χ3v) is 12.7. The molecule has 0 atom stereocenters. The average Bonchev–Trinajstić information content (AvgIpc) is 3.28. The van der Waals surface area contributed by atoms with Gasteiger partial charge in [0, 0.05) is 11.9 Å². The SMILES string of the molecule is CCn1c(CO[Si](c2ccccc2)(c2ccccc2)C(C)(C)C)nn(-c2ccc3c(=O)[nH]nc(C(C)C)c3c2)c1=O. The first kappa shape index (κ1) is 28.4. The van der Waals surface area contributed by atoms with E-state index in [1.165, 1.54) is 4.68 Å². The summed E-state index contributed by atoms with van der Waals surface area (Å²) in [6.07, 6.45) is 0. The molecule has 0 spiro atoms. The van der Waals surface area contributed by atoms with Crippen LogP contribution in [0.2, 0.25) is 5.04 Å². The molecule has 41 heavy (non-hydrogen) atoms. The number of nitrogens with zero attached hydrogens (tertiary/aromatic N) is 4. The molecule has 0 aliphatic heterocycles. The largest absolute Gasteiger partial charge is 0.400 e. The van der Waals surface area contributed by atoms with Crippen LogP contribution in [0.1, 0.15) is 59.0 Å². The van der Waals surface area contributed by atoms with Gasteiger partial charge in [0.05, 0.1) is 23.4 Å². The maximum atomic E-state index is 13.6. The number of hydrogen-bond acceptors (Lipinski definition) is 5. The zero-order valence-corrected chi connectivity index (χ0v) is 25.5. The lowest BCUT2D eigenvalue weighted by Gasteiger charge is -2.42. The van der Waals surface area contributed by atoms with Crippen molar-refractivity contribution in [1.82, 2.24) is 24.5 Å². The Bertz CT molecular complexity index is 1740. The van der Waals surface area contributed by atoms with Crippen LogP contribution in [0.15, 0.2) is 88.5 Å². The molecule has 0 saturated carbocycles. The molecule has 8 nitrogen and oxygen atoms in total. The maximum absolute atomic E-state index is 13.6. The first-order valence-electron chi connectivity index (χ1n) is 14.0. The van der Waals surface area contributed by atoms with Crippen LogP contribution in [0.5, 0.6) is 0 Å². The highest BCUT2D eigenvalue weighted by Gasteiger charge is 2.50. The highest BCUT2D eigenvalue weighted by atomic mass is 28.4. The zero-order valence-electron chi connectivity index (χ0n) is 24.5. The average molecular weight is 568 g/mol. The highest BCUT2D eigenvalue weighted by Crippen LogP contribution is 2.37. The van der Waals surface area contributed by atoms with Gasteiger partial charge < -0.3 is 4.43 Å². The number of hydrogen-bond donors (Lipinski definition) is 1. The fourth-order valence-electron chi connectivity index (χ4n) is 5.71. The summed E-state index contributed by atoms with van der Waals surface area (Å²) in [6.45, 7) is 13.3. The van der Waals surface area contributed by atoms with Crippen LogP contribution in [0.25, 0.3) is 16.5 Å². The molecule has 5 rings (SSSR count). The fraction of sp³-hybridized carbons (Fsp3) is 0.312. The molecule has 5 aromatic rings. The Balaban J connectivity index is 1.62. The van der Waals surface area contributed by atoms with Crippen LogP contribution in [0.3, 0.4) is 0 Å². The molecule has 0 bridgehead atoms. The number of aromatic amines is 1. The minimum absolute atomic E-state index is 0.0879. The van der Waals surface area contributed by atoms with Crippen molar-refractivity contribution in [3.05, 3.63) is 111 Å². The summed E-state index contributed by atoms with van der Waals surface area (Å²) in [5.41, 5.74) is 0.828. The number of rotatable bonds is 8. The lowest BCUT2D eigenvalue weighted by molar-refractivity contribution is 0.270. The summed E-state index contributed by atoms with van der Waals surface area (Å²) in [5, 5.41) is 15.0. The second-order valence-corrected chi connectivity index (χ2v) is 15.9. The van der Waals surface area contributed by atoms with Crippen molar-refractivity contribution < 1.29 is 4.43 Å². The number of fused-ring (bicyclic) bond motifs is 1. The molecule has 3 aromatic carbocycles. The Kier molecular flexibility index (Phi) is 7.67. The predicted molar refractivity (Wildman–Crippen MR) is 166 cm³/mol. The van der Waals surface area contributed by atoms with Crippen LogP contribution >= 0.6 is 0 Å². The van der Waals surface area contributed by atoms with E-state index >= 15 is 0 Å². The van der Waals surface area contributed by atoms with Crippen LogP contribution < -0.4 is 21.6 Å². The minimum atomic E-state index is -2.83. The summed E-state index contributed by atoms with van der Waals surface area (Å²) in [4.78, 5) is 26.1. The summed E-state index contributed by atoms with van der Waals surface area (Å²) in [7, 11) is -2.83. The second-order valence-electron chi connectivity index (χ2n) is 11.6. The van der Waals surface area contributed by atoms with Crippen molar-refractivity contribution in [1.29, 1.82) is 0 Å². The monoisotopic (exact) mass is 567 g/mol. The molecule has 0 fully saturated rings. The quantitative estimate of drug-likeness (QED) is 0.279. The van der Waals surface area contributed by atoms with E-state index in [2.05, 4.69) is 79.5 Å². The van der Waals surface area contributed by atoms with Gasteiger partial charge in [0.1, 0.15) is 0 Å². The molecule has 9 heteroatoms. The smallest absolute Gasteiger partial charge is 0.350 e. The Hall–Kier alpha value is -4.08. The Morgan fingerprint density at radius 2 is 1.51 bits per heavy atom. The molecule has 0 radical (unpaired) electrons. The van der Waals surface area contributed by atoms with Gasteiger partial charge in [-0.2, -0.15) is 9.78 Å². The lowest BCUT2D eigenvalue weighted by Crippen LogP contribution is -2.66. The molecule has 0 aliphatic rings. The van der Waals surface area contributed by atoms with Crippen molar-refractivity contribution in [3.63, 3.8) is 0 Å². The molecule has 212 valence electrons. The molecule has 1 N–H and O–H groups in total. The van der Waals surface area contributed by atoms with Crippen molar-refractivity contribution in [2.45, 2.75) is 65.7 Å². The van der Waals surface area contributed by atoms with Crippen molar-refractivity contribution >= 4 is 29.5 Å². The van der Waals surface area contributed by atoms with E-state index in [0.29, 0.717) is 28.8 Å². The van der Waals surface area contributed by atoms with Gasteiger partial charge in [-0.25, -0.2) is 9.89 Å². The molecule has 2 heterocycles. The zero-order chi connectivity index (χ0) is 29.4. The van der Waals surface area contributed by atoms with Gasteiger partial charge in [-0.05, 0) is 46.5 Å². The normalized spacial score (nSPS) is 12.4. The van der Waals surface area contributed by atoms with Gasteiger partial charge in [-0.15, -0.1) is 5.10 Å². The highest BCUT2D eigenvalue weighted by molar-refractivity contribution is 6.99. The van der Waals surface area contributed by atoms with Crippen molar-refractivity contribution in [2.24, 2.45) is 0 Å². The van der Waals surface area contributed by atoms with Gasteiger partial charge in [-0.1, -0.05) is 95.3 Å². The fourth-order valence-corrected chi connectivity index (χ4v) is 10.2. The van der Waals surface area contributed by atoms with E-state index in [-0.39, 0.29) is 28.8 Å². The molecule has 0 unspecified atom stereocenters. The van der Waals surface area contributed by atoms with E-state index in [1.807, 2.05) is 39.0 Å². The predicted octanol–water partition coefficient (Wildman–Crippen LogP) is 4.49. The van der Waals surface area contributed by atoms with Gasteiger partial charge in [0.15, 0.2) is 5.82 Å². The van der Waals surface area contributed by atoms with Crippen molar-refractivity contribution in [3.8, 4) is 5.69 Å². The summed E-state index contributed by atoms with van der Waals surface area (Å²) in [5.74, 6) is 0.642. The molecular weight excluding hydrogens is 530 g/mol. The standard InChI is InChI=1S/C32H37N5O3Si/c1-7-36-28(21-40-41(32(4,5)6,24-14-10-8-11-15-24)25-16-12-9-13-17-25)35-37(31(36)39)23-18-19-26-27(20-23)29(22(2)3)33-34-30(26)38/h8-20,22H,7,21H2,1-6H3,(H,34,38). The molecule has 2 aromatic heterocycles. The van der Waals surface area contributed by atoms with Crippen LogP contribution in [-0.2, 0) is 17.6 Å². The number of benzene rings is 3. The van der Waals surface area contributed by atoms with Gasteiger partial charge in [0.2, 0.25) is 0 Å². The molecular formula is C32H37N5O3Si. The van der Waals surface area contributed by atoms with E-state index in [1.54, 1.807) is 16.7 Å². The third kappa shape index (κ3) is 5.00. The number of aromatic nitrogens is 5. The molecule has 0 aliphatic carbocycles.